The van der Waals surface area contributed by atoms with Gasteiger partial charge in [0.15, 0.2) is 6.61 Å². The van der Waals surface area contributed by atoms with E-state index in [2.05, 4.69) is 34.3 Å². The molecule has 1 heterocycles. The summed E-state index contributed by atoms with van der Waals surface area (Å²) in [6.45, 7) is 10.4. The van der Waals surface area contributed by atoms with Crippen molar-refractivity contribution in [1.29, 1.82) is 0 Å². The molecule has 4 rings (SSSR count). The second-order valence-electron chi connectivity index (χ2n) is 11.0. The normalized spacial score (nSPS) is 14.9. The van der Waals surface area contributed by atoms with Gasteiger partial charge in [-0.15, -0.1) is 0 Å². The minimum Gasteiger partial charge on any atom is -0.465 e. The van der Waals surface area contributed by atoms with Crippen LogP contribution in [0.25, 0.3) is 11.3 Å². The summed E-state index contributed by atoms with van der Waals surface area (Å²) in [4.78, 5) is 27.4. The Morgan fingerprint density at radius 3 is 2.39 bits per heavy atom. The Labute approximate surface area is 242 Å². The Kier molecular flexibility index (Phi) is 9.60. The maximum atomic E-state index is 13.2. The Morgan fingerprint density at radius 2 is 1.76 bits per heavy atom. The summed E-state index contributed by atoms with van der Waals surface area (Å²) < 4.78 is 10.6. The summed E-state index contributed by atoms with van der Waals surface area (Å²) >= 11 is 0. The van der Waals surface area contributed by atoms with Gasteiger partial charge < -0.3 is 25.8 Å². The van der Waals surface area contributed by atoms with Crippen LogP contribution in [-0.2, 0) is 20.8 Å². The zero-order chi connectivity index (χ0) is 29.6. The molecular formula is C33H38N4O4. The molecule has 8 heteroatoms. The highest BCUT2D eigenvalue weighted by Gasteiger charge is 2.29. The number of esters is 1. The number of nitrogens with one attached hydrogen (secondary N) is 2. The van der Waals surface area contributed by atoms with E-state index in [9.17, 15) is 9.59 Å². The van der Waals surface area contributed by atoms with Gasteiger partial charge in [0.1, 0.15) is 0 Å². The van der Waals surface area contributed by atoms with Gasteiger partial charge in [0.05, 0.1) is 35.2 Å². The van der Waals surface area contributed by atoms with Gasteiger partial charge in [0.25, 0.3) is 5.91 Å². The first-order valence-electron chi connectivity index (χ1n) is 13.6. The van der Waals surface area contributed by atoms with Gasteiger partial charge in [-0.05, 0) is 76.2 Å². The van der Waals surface area contributed by atoms with E-state index in [4.69, 9.17) is 15.2 Å². The lowest BCUT2D eigenvalue weighted by molar-refractivity contribution is -0.110. The number of likely N-dealkylation sites (N-methyl/N-ethyl adjacent to an activating group) is 1. The molecule has 3 aromatic rings. The van der Waals surface area contributed by atoms with E-state index >= 15 is 0 Å². The van der Waals surface area contributed by atoms with Crippen molar-refractivity contribution >= 4 is 34.5 Å². The topological polar surface area (TPSA) is 106 Å². The molecule has 2 radical (unpaired) electrons. The number of carbonyl (C=O) groups excluding carboxylic acids is 2. The predicted octanol–water partition coefficient (Wildman–Crippen LogP) is 5.41. The van der Waals surface area contributed by atoms with E-state index in [-0.39, 0.29) is 17.6 Å². The van der Waals surface area contributed by atoms with Gasteiger partial charge in [0.2, 0.25) is 0 Å². The summed E-state index contributed by atoms with van der Waals surface area (Å²) in [6, 6.07) is 22.9. The van der Waals surface area contributed by atoms with E-state index in [1.54, 1.807) is 18.2 Å². The number of rotatable bonds is 11. The van der Waals surface area contributed by atoms with E-state index < -0.39 is 5.97 Å². The molecule has 0 fully saturated rings. The number of nitrogens with zero attached hydrogens (tertiary/aromatic N) is 1. The molecule has 0 aromatic heterocycles. The quantitative estimate of drug-likeness (QED) is 0.215. The van der Waals surface area contributed by atoms with E-state index in [1.807, 2.05) is 70.3 Å². The van der Waals surface area contributed by atoms with Gasteiger partial charge in [-0.3, -0.25) is 9.69 Å². The van der Waals surface area contributed by atoms with E-state index in [1.165, 1.54) is 7.11 Å². The maximum Gasteiger partial charge on any atom is 0.337 e. The van der Waals surface area contributed by atoms with Crippen molar-refractivity contribution in [3.63, 3.8) is 0 Å². The average Bonchev–Trinajstić information content (AvgIpc) is 3.28. The van der Waals surface area contributed by atoms with Crippen molar-refractivity contribution in [2.75, 3.05) is 31.3 Å². The number of hydrogen-bond donors (Lipinski definition) is 3. The van der Waals surface area contributed by atoms with Crippen molar-refractivity contribution in [1.82, 2.24) is 4.90 Å². The highest BCUT2D eigenvalue weighted by molar-refractivity contribution is 6.37. The Balaban J connectivity index is 1.59. The lowest BCUT2D eigenvalue weighted by Gasteiger charge is -2.29. The molecule has 1 amide bonds. The first kappa shape index (κ1) is 30.0. The first-order valence-corrected chi connectivity index (χ1v) is 13.6. The van der Waals surface area contributed by atoms with Crippen LogP contribution >= 0.6 is 0 Å². The number of nitrogens with two attached hydrogens (primary N) is 1. The van der Waals surface area contributed by atoms with Crippen LogP contribution in [-0.4, -0.2) is 49.1 Å². The average molecular weight is 555 g/mol. The van der Waals surface area contributed by atoms with Crippen molar-refractivity contribution in [3.8, 4) is 0 Å². The molecule has 214 valence electrons. The van der Waals surface area contributed by atoms with Crippen molar-refractivity contribution < 1.29 is 19.1 Å². The Morgan fingerprint density at radius 1 is 1.05 bits per heavy atom. The van der Waals surface area contributed by atoms with Crippen LogP contribution in [0.2, 0.25) is 0 Å². The highest BCUT2D eigenvalue weighted by atomic mass is 16.5. The van der Waals surface area contributed by atoms with Gasteiger partial charge in [-0.1, -0.05) is 48.5 Å². The zero-order valence-corrected chi connectivity index (χ0v) is 24.3. The summed E-state index contributed by atoms with van der Waals surface area (Å²) in [5.74, 6) is -0.707. The lowest BCUT2D eigenvalue weighted by atomic mass is 9.99. The Hall–Kier alpha value is -3.98. The van der Waals surface area contributed by atoms with Crippen LogP contribution in [0.1, 0.15) is 54.2 Å². The molecule has 1 aliphatic rings. The third-order valence-electron chi connectivity index (χ3n) is 6.63. The minimum atomic E-state index is -0.460. The van der Waals surface area contributed by atoms with Gasteiger partial charge in [0, 0.05) is 23.8 Å². The molecule has 4 N–H and O–H groups in total. The second kappa shape index (κ2) is 13.1. The van der Waals surface area contributed by atoms with Crippen molar-refractivity contribution in [2.45, 2.75) is 45.4 Å². The first-order chi connectivity index (χ1) is 19.6. The third kappa shape index (κ3) is 7.61. The van der Waals surface area contributed by atoms with Gasteiger partial charge >= 0.3 is 5.97 Å². The summed E-state index contributed by atoms with van der Waals surface area (Å²) in [5.41, 5.74) is 11.2. The molecule has 0 spiro atoms. The SMILES string of the molecule is COC(=O)c1ccc2c(c1)NC(=O)/C2=C(\Nc1ccc(CN(C)C([C]OC(C)(C)C)CCN)cc1)c1ccccc1. The molecule has 1 aliphatic heterocycles. The zero-order valence-electron chi connectivity index (χ0n) is 24.3. The van der Waals surface area contributed by atoms with Gasteiger partial charge in [-0.2, -0.15) is 0 Å². The molecule has 8 nitrogen and oxygen atoms in total. The van der Waals surface area contributed by atoms with Crippen molar-refractivity contribution in [3.05, 3.63) is 102 Å². The number of methoxy groups -OCH3 is 1. The fraction of sp³-hybridized carbons (Fsp3) is 0.303. The third-order valence-corrected chi connectivity index (χ3v) is 6.63. The van der Waals surface area contributed by atoms with Gasteiger partial charge in [-0.25, -0.2) is 4.79 Å². The molecule has 3 aromatic carbocycles. The van der Waals surface area contributed by atoms with Crippen molar-refractivity contribution in [2.24, 2.45) is 5.73 Å². The molecule has 0 bridgehead atoms. The molecule has 0 saturated carbocycles. The summed E-state index contributed by atoms with van der Waals surface area (Å²) in [7, 11) is 3.36. The fourth-order valence-corrected chi connectivity index (χ4v) is 4.56. The lowest BCUT2D eigenvalue weighted by Crippen LogP contribution is -2.36. The van der Waals surface area contributed by atoms with Crippen LogP contribution in [0.5, 0.6) is 0 Å². The fourth-order valence-electron chi connectivity index (χ4n) is 4.56. The smallest absolute Gasteiger partial charge is 0.337 e. The standard InChI is InChI=1S/C33H38N4O4/c1-33(2,3)41-21-26(17-18-34)37(4)20-22-11-14-25(15-12-22)35-30(23-9-7-6-8-10-23)29-27-16-13-24(32(39)40-5)19-28(27)36-31(29)38/h6-16,19,26,35H,17-18,20,34H2,1-5H3,(H,36,38)/b30-29-. The molecule has 0 aliphatic carbocycles. The van der Waals surface area contributed by atoms with Crippen LogP contribution in [0, 0.1) is 6.61 Å². The number of benzene rings is 3. The maximum absolute atomic E-state index is 13.2. The second-order valence-corrected chi connectivity index (χ2v) is 11.0. The largest absolute Gasteiger partial charge is 0.465 e. The van der Waals surface area contributed by atoms with E-state index in [0.29, 0.717) is 41.2 Å². The van der Waals surface area contributed by atoms with Crippen LogP contribution in [0.15, 0.2) is 72.8 Å². The number of anilines is 2. The van der Waals surface area contributed by atoms with Crippen LogP contribution in [0.4, 0.5) is 11.4 Å². The molecule has 1 unspecified atom stereocenters. The number of ether oxygens (including phenoxy) is 2. The summed E-state index contributed by atoms with van der Waals surface area (Å²) in [6.07, 6.45) is 0.741. The Bertz CT molecular complexity index is 1390. The number of hydrogen-bond acceptors (Lipinski definition) is 7. The summed E-state index contributed by atoms with van der Waals surface area (Å²) in [5, 5.41) is 6.38. The number of fused-ring (bicyclic) bond motifs is 1. The minimum absolute atomic E-state index is 0.0351. The monoisotopic (exact) mass is 554 g/mol. The van der Waals surface area contributed by atoms with Crippen LogP contribution < -0.4 is 16.4 Å². The van der Waals surface area contributed by atoms with Crippen LogP contribution in [0.3, 0.4) is 0 Å². The van der Waals surface area contributed by atoms with E-state index in [0.717, 1.165) is 23.2 Å². The molecule has 41 heavy (non-hydrogen) atoms. The molecular weight excluding hydrogens is 516 g/mol. The molecule has 0 saturated heterocycles. The predicted molar refractivity (Wildman–Crippen MR) is 163 cm³/mol. The number of carbonyl (C=O) groups is 2. The number of amides is 1. The highest BCUT2D eigenvalue weighted by Crippen LogP contribution is 2.38. The molecule has 1 atom stereocenters.